The van der Waals surface area contributed by atoms with E-state index in [1.807, 2.05) is 10.9 Å². The van der Waals surface area contributed by atoms with Gasteiger partial charge < -0.3 is 5.73 Å². The smallest absolute Gasteiger partial charge is 0.0693 e. The molecule has 1 aromatic heterocycles. The number of hydrogen-bond donors (Lipinski definition) is 1. The van der Waals surface area contributed by atoms with Crippen LogP contribution < -0.4 is 5.73 Å². The van der Waals surface area contributed by atoms with Crippen molar-refractivity contribution in [2.45, 2.75) is 24.9 Å². The Morgan fingerprint density at radius 3 is 2.80 bits per heavy atom. The van der Waals surface area contributed by atoms with Crippen LogP contribution in [0.25, 0.3) is 0 Å². The third kappa shape index (κ3) is 0.806. The molecule has 1 heterocycles. The third-order valence-electron chi connectivity index (χ3n) is 1.96. The maximum absolute atomic E-state index is 5.61. The summed E-state index contributed by atoms with van der Waals surface area (Å²) in [7, 11) is 0. The van der Waals surface area contributed by atoms with Crippen LogP contribution >= 0.6 is 0 Å². The molecule has 1 aromatic rings. The van der Waals surface area contributed by atoms with Crippen molar-refractivity contribution in [1.82, 2.24) is 15.0 Å². The first-order chi connectivity index (χ1) is 4.86. The van der Waals surface area contributed by atoms with E-state index in [2.05, 4.69) is 10.3 Å². The molecule has 4 heteroatoms. The lowest BCUT2D eigenvalue weighted by molar-refractivity contribution is 0.243. The van der Waals surface area contributed by atoms with Gasteiger partial charge in [-0.3, -0.25) is 0 Å². The molecule has 10 heavy (non-hydrogen) atoms. The fraction of sp³-hybridized carbons (Fsp3) is 0.667. The Kier molecular flexibility index (Phi) is 1.20. The fourth-order valence-corrected chi connectivity index (χ4v) is 1.26. The van der Waals surface area contributed by atoms with Gasteiger partial charge in [-0.05, 0) is 12.8 Å². The standard InChI is InChI=1S/C6H10N4/c7-5-3-6(4-5)10-2-1-8-9-10/h1-2,5-6H,3-4,7H2/t5-,6-. The van der Waals surface area contributed by atoms with Crippen molar-refractivity contribution >= 4 is 0 Å². The van der Waals surface area contributed by atoms with Crippen LogP contribution in [0.4, 0.5) is 0 Å². The van der Waals surface area contributed by atoms with E-state index in [0.717, 1.165) is 12.8 Å². The Balaban J connectivity index is 2.04. The van der Waals surface area contributed by atoms with Crippen molar-refractivity contribution in [3.05, 3.63) is 12.4 Å². The van der Waals surface area contributed by atoms with Crippen LogP contribution in [0.3, 0.4) is 0 Å². The first kappa shape index (κ1) is 5.85. The van der Waals surface area contributed by atoms with Crippen LogP contribution in [0, 0.1) is 0 Å². The molecule has 1 aliphatic rings. The number of nitrogens with zero attached hydrogens (tertiary/aromatic N) is 3. The Morgan fingerprint density at radius 1 is 1.50 bits per heavy atom. The lowest BCUT2D eigenvalue weighted by Crippen LogP contribution is -2.37. The Morgan fingerprint density at radius 2 is 2.30 bits per heavy atom. The van der Waals surface area contributed by atoms with Crippen LogP contribution in [-0.4, -0.2) is 21.0 Å². The summed E-state index contributed by atoms with van der Waals surface area (Å²) in [5.41, 5.74) is 5.61. The van der Waals surface area contributed by atoms with Gasteiger partial charge in [-0.25, -0.2) is 4.68 Å². The zero-order valence-electron chi connectivity index (χ0n) is 5.64. The maximum Gasteiger partial charge on any atom is 0.0693 e. The van der Waals surface area contributed by atoms with E-state index < -0.39 is 0 Å². The van der Waals surface area contributed by atoms with Gasteiger partial charge in [0.1, 0.15) is 0 Å². The van der Waals surface area contributed by atoms with Gasteiger partial charge in [0.05, 0.1) is 12.2 Å². The highest BCUT2D eigenvalue weighted by Gasteiger charge is 2.27. The highest BCUT2D eigenvalue weighted by atomic mass is 15.4. The van der Waals surface area contributed by atoms with E-state index in [1.165, 1.54) is 0 Å². The minimum absolute atomic E-state index is 0.384. The molecule has 0 radical (unpaired) electrons. The molecule has 0 saturated heterocycles. The summed E-state index contributed by atoms with van der Waals surface area (Å²) >= 11 is 0. The molecule has 1 aliphatic carbocycles. The molecule has 0 unspecified atom stereocenters. The molecule has 0 spiro atoms. The van der Waals surface area contributed by atoms with Crippen LogP contribution in [0.1, 0.15) is 18.9 Å². The zero-order valence-corrected chi connectivity index (χ0v) is 5.64. The predicted molar refractivity (Wildman–Crippen MR) is 36.3 cm³/mol. The van der Waals surface area contributed by atoms with E-state index in [9.17, 15) is 0 Å². The second-order valence-corrected chi connectivity index (χ2v) is 2.77. The highest BCUT2D eigenvalue weighted by Crippen LogP contribution is 2.29. The average Bonchev–Trinajstić information content (AvgIpc) is 2.31. The first-order valence-corrected chi connectivity index (χ1v) is 3.47. The van der Waals surface area contributed by atoms with E-state index >= 15 is 0 Å². The number of nitrogens with two attached hydrogens (primary N) is 1. The molecule has 2 rings (SSSR count). The topological polar surface area (TPSA) is 56.7 Å². The summed E-state index contributed by atoms with van der Waals surface area (Å²) in [6.45, 7) is 0. The van der Waals surface area contributed by atoms with E-state index in [4.69, 9.17) is 5.73 Å². The average molecular weight is 138 g/mol. The molecular formula is C6H10N4. The van der Waals surface area contributed by atoms with E-state index in [1.54, 1.807) is 6.20 Å². The summed E-state index contributed by atoms with van der Waals surface area (Å²) in [4.78, 5) is 0. The minimum Gasteiger partial charge on any atom is -0.328 e. The molecule has 1 saturated carbocycles. The van der Waals surface area contributed by atoms with Gasteiger partial charge >= 0.3 is 0 Å². The lowest BCUT2D eigenvalue weighted by Gasteiger charge is -2.31. The third-order valence-corrected chi connectivity index (χ3v) is 1.96. The summed E-state index contributed by atoms with van der Waals surface area (Å²) in [5.74, 6) is 0. The Bertz CT molecular complexity index is 200. The van der Waals surface area contributed by atoms with E-state index in [0.29, 0.717) is 12.1 Å². The highest BCUT2D eigenvalue weighted by molar-refractivity contribution is 4.87. The quantitative estimate of drug-likeness (QED) is 0.591. The van der Waals surface area contributed by atoms with Gasteiger partial charge in [-0.15, -0.1) is 5.10 Å². The van der Waals surface area contributed by atoms with Gasteiger partial charge in [-0.2, -0.15) is 0 Å². The van der Waals surface area contributed by atoms with Crippen molar-refractivity contribution in [2.24, 2.45) is 5.73 Å². The Hall–Kier alpha value is -0.900. The van der Waals surface area contributed by atoms with Crippen LogP contribution in [0.2, 0.25) is 0 Å². The molecule has 0 bridgehead atoms. The molecule has 4 nitrogen and oxygen atoms in total. The largest absolute Gasteiger partial charge is 0.328 e. The van der Waals surface area contributed by atoms with Crippen LogP contribution in [0.15, 0.2) is 12.4 Å². The zero-order chi connectivity index (χ0) is 6.97. The van der Waals surface area contributed by atoms with E-state index in [-0.39, 0.29) is 0 Å². The van der Waals surface area contributed by atoms with Crippen LogP contribution in [-0.2, 0) is 0 Å². The molecule has 0 aromatic carbocycles. The predicted octanol–water partition coefficient (Wildman–Crippen LogP) is -0.0597. The molecule has 1 fully saturated rings. The number of aromatic nitrogens is 3. The second kappa shape index (κ2) is 2.05. The maximum atomic E-state index is 5.61. The molecule has 0 amide bonds. The van der Waals surface area contributed by atoms with Gasteiger partial charge in [0.25, 0.3) is 0 Å². The number of hydrogen-bond acceptors (Lipinski definition) is 3. The van der Waals surface area contributed by atoms with Crippen molar-refractivity contribution in [3.8, 4) is 0 Å². The minimum atomic E-state index is 0.384. The fourth-order valence-electron chi connectivity index (χ4n) is 1.26. The normalized spacial score (nSPS) is 31.7. The van der Waals surface area contributed by atoms with Gasteiger partial charge in [-0.1, -0.05) is 5.21 Å². The molecule has 2 N–H and O–H groups in total. The van der Waals surface area contributed by atoms with Gasteiger partial charge in [0, 0.05) is 12.2 Å². The number of rotatable bonds is 1. The second-order valence-electron chi connectivity index (χ2n) is 2.77. The first-order valence-electron chi connectivity index (χ1n) is 3.47. The van der Waals surface area contributed by atoms with Gasteiger partial charge in [0.2, 0.25) is 0 Å². The molecule has 54 valence electrons. The summed E-state index contributed by atoms with van der Waals surface area (Å²) < 4.78 is 1.88. The monoisotopic (exact) mass is 138 g/mol. The molecule has 0 aliphatic heterocycles. The van der Waals surface area contributed by atoms with Crippen molar-refractivity contribution in [2.75, 3.05) is 0 Å². The van der Waals surface area contributed by atoms with Crippen molar-refractivity contribution < 1.29 is 0 Å². The van der Waals surface area contributed by atoms with Crippen LogP contribution in [0.5, 0.6) is 0 Å². The van der Waals surface area contributed by atoms with Crippen molar-refractivity contribution in [3.63, 3.8) is 0 Å². The van der Waals surface area contributed by atoms with Gasteiger partial charge in [0.15, 0.2) is 0 Å². The summed E-state index contributed by atoms with van der Waals surface area (Å²) in [5, 5.41) is 7.61. The summed E-state index contributed by atoms with van der Waals surface area (Å²) in [6.07, 6.45) is 5.67. The lowest BCUT2D eigenvalue weighted by atomic mass is 9.88. The SMILES string of the molecule is N[C@H]1C[C@H](n2ccnn2)C1. The van der Waals surface area contributed by atoms with Crippen molar-refractivity contribution in [1.29, 1.82) is 0 Å². The molecule has 0 atom stereocenters. The Labute approximate surface area is 59.0 Å². The summed E-state index contributed by atoms with van der Waals surface area (Å²) in [6, 6.07) is 0.895. The molecular weight excluding hydrogens is 128 g/mol.